The predicted molar refractivity (Wildman–Crippen MR) is 133 cm³/mol. The van der Waals surface area contributed by atoms with Crippen molar-refractivity contribution in [2.45, 2.75) is 38.3 Å². The number of hydrogen-bond acceptors (Lipinski definition) is 4. The van der Waals surface area contributed by atoms with Crippen LogP contribution >= 0.6 is 11.3 Å². The number of imidazole rings is 1. The van der Waals surface area contributed by atoms with Gasteiger partial charge in [-0.25, -0.2) is 4.98 Å². The van der Waals surface area contributed by atoms with Crippen LogP contribution in [0.2, 0.25) is 0 Å². The number of aryl methyl sites for hydroxylation is 1. The maximum atomic E-state index is 13.9. The average Bonchev–Trinajstić information content (AvgIpc) is 3.64. The number of aromatic nitrogens is 2. The molecule has 1 N–H and O–H groups in total. The van der Waals surface area contributed by atoms with Crippen LogP contribution in [0.4, 0.5) is 0 Å². The van der Waals surface area contributed by atoms with Crippen LogP contribution in [-0.2, 0) is 0 Å². The Balaban J connectivity index is 1.26. The van der Waals surface area contributed by atoms with Crippen molar-refractivity contribution in [3.63, 3.8) is 0 Å². The van der Waals surface area contributed by atoms with E-state index in [2.05, 4.69) is 15.2 Å². The average molecular weight is 471 g/mol. The SMILES string of the molecule is Cc1nc2sccn2c1C(=O)NC[C@@H]1[C@H]2CC[C@H](C2)N1C(=O)c1ccccc1-c1ccccc1. The number of fused-ring (bicyclic) bond motifs is 3. The van der Waals surface area contributed by atoms with Gasteiger partial charge in [0, 0.05) is 29.7 Å². The summed E-state index contributed by atoms with van der Waals surface area (Å²) in [5, 5.41) is 5.06. The van der Waals surface area contributed by atoms with Crippen molar-refractivity contribution in [2.24, 2.45) is 5.92 Å². The second-order valence-electron chi connectivity index (χ2n) is 9.23. The molecule has 3 heterocycles. The van der Waals surface area contributed by atoms with E-state index in [9.17, 15) is 9.59 Å². The molecular weight excluding hydrogens is 444 g/mol. The summed E-state index contributed by atoms with van der Waals surface area (Å²) >= 11 is 1.51. The molecule has 172 valence electrons. The van der Waals surface area contributed by atoms with Crippen LogP contribution in [0, 0.1) is 12.8 Å². The van der Waals surface area contributed by atoms with E-state index in [1.807, 2.05) is 77.5 Å². The zero-order valence-electron chi connectivity index (χ0n) is 19.0. The molecule has 2 bridgehead atoms. The van der Waals surface area contributed by atoms with E-state index in [-0.39, 0.29) is 23.9 Å². The molecule has 1 saturated carbocycles. The van der Waals surface area contributed by atoms with E-state index in [0.717, 1.165) is 46.6 Å². The lowest BCUT2D eigenvalue weighted by molar-refractivity contribution is 0.0582. The standard InChI is InChI=1S/C27H26N4O2S/c1-17-24(30-13-14-34-27(30)29-17)25(32)28-16-23-19-11-12-20(15-19)31(23)26(33)22-10-6-5-9-21(22)18-7-3-2-4-8-18/h2-10,13-14,19-20,23H,11-12,15-16H2,1H3,(H,28,32)/t19-,20+,23+/m0/s1. The predicted octanol–water partition coefficient (Wildman–Crippen LogP) is 4.79. The Morgan fingerprint density at radius 2 is 1.88 bits per heavy atom. The van der Waals surface area contributed by atoms with Crippen LogP contribution in [0.3, 0.4) is 0 Å². The Kier molecular flexibility index (Phi) is 5.21. The summed E-state index contributed by atoms with van der Waals surface area (Å²) in [6, 6.07) is 18.2. The van der Waals surface area contributed by atoms with Gasteiger partial charge in [-0.05, 0) is 49.3 Å². The van der Waals surface area contributed by atoms with Crippen molar-refractivity contribution < 1.29 is 9.59 Å². The third-order valence-electron chi connectivity index (χ3n) is 7.34. The smallest absolute Gasteiger partial charge is 0.270 e. The number of thiazole rings is 1. The molecule has 1 saturated heterocycles. The molecule has 2 aliphatic rings. The minimum atomic E-state index is -0.136. The molecule has 6 rings (SSSR count). The van der Waals surface area contributed by atoms with Crippen molar-refractivity contribution >= 4 is 28.1 Å². The van der Waals surface area contributed by atoms with Crippen LogP contribution in [0.25, 0.3) is 16.1 Å². The topological polar surface area (TPSA) is 66.7 Å². The Morgan fingerprint density at radius 1 is 1.09 bits per heavy atom. The molecule has 2 fully saturated rings. The fourth-order valence-corrected chi connectivity index (χ4v) is 6.56. The maximum Gasteiger partial charge on any atom is 0.270 e. The van der Waals surface area contributed by atoms with E-state index in [0.29, 0.717) is 18.2 Å². The van der Waals surface area contributed by atoms with Gasteiger partial charge in [-0.2, -0.15) is 0 Å². The number of hydrogen-bond donors (Lipinski definition) is 1. The number of amides is 2. The molecule has 2 amide bonds. The Morgan fingerprint density at radius 3 is 2.74 bits per heavy atom. The van der Waals surface area contributed by atoms with Gasteiger partial charge in [-0.1, -0.05) is 48.5 Å². The molecule has 1 aliphatic heterocycles. The second kappa shape index (κ2) is 8.40. The molecule has 0 spiro atoms. The summed E-state index contributed by atoms with van der Waals surface area (Å²) in [4.78, 5) is 34.4. The summed E-state index contributed by atoms with van der Waals surface area (Å²) in [5.74, 6) is 0.348. The molecule has 4 aromatic rings. The second-order valence-corrected chi connectivity index (χ2v) is 10.1. The van der Waals surface area contributed by atoms with Gasteiger partial charge in [-0.3, -0.25) is 14.0 Å². The van der Waals surface area contributed by atoms with Crippen molar-refractivity contribution in [3.8, 4) is 11.1 Å². The third-order valence-corrected chi connectivity index (χ3v) is 8.10. The van der Waals surface area contributed by atoms with Crippen molar-refractivity contribution in [2.75, 3.05) is 6.54 Å². The highest BCUT2D eigenvalue weighted by Crippen LogP contribution is 2.43. The minimum Gasteiger partial charge on any atom is -0.349 e. The van der Waals surface area contributed by atoms with Gasteiger partial charge in [0.1, 0.15) is 5.69 Å². The number of benzene rings is 2. The van der Waals surface area contributed by atoms with Crippen LogP contribution in [-0.4, -0.2) is 44.7 Å². The Hall–Kier alpha value is -3.45. The summed E-state index contributed by atoms with van der Waals surface area (Å²) in [6.45, 7) is 2.32. The lowest BCUT2D eigenvalue weighted by Gasteiger charge is -2.36. The van der Waals surface area contributed by atoms with Gasteiger partial charge in [0.15, 0.2) is 4.96 Å². The molecular formula is C27H26N4O2S. The number of piperidine rings is 1. The van der Waals surface area contributed by atoms with E-state index in [1.54, 1.807) is 0 Å². The van der Waals surface area contributed by atoms with Gasteiger partial charge < -0.3 is 10.2 Å². The largest absolute Gasteiger partial charge is 0.349 e. The number of nitrogens with zero attached hydrogens (tertiary/aromatic N) is 3. The zero-order valence-corrected chi connectivity index (χ0v) is 19.8. The minimum absolute atomic E-state index is 0.00484. The molecule has 34 heavy (non-hydrogen) atoms. The number of nitrogens with one attached hydrogen (secondary N) is 1. The van der Waals surface area contributed by atoms with Gasteiger partial charge in [-0.15, -0.1) is 11.3 Å². The number of carbonyl (C=O) groups excluding carboxylic acids is 2. The first kappa shape index (κ1) is 21.1. The van der Waals surface area contributed by atoms with E-state index in [4.69, 9.17) is 0 Å². The molecule has 3 atom stereocenters. The van der Waals surface area contributed by atoms with Crippen LogP contribution in [0.15, 0.2) is 66.2 Å². The first-order chi connectivity index (χ1) is 16.6. The van der Waals surface area contributed by atoms with Gasteiger partial charge in [0.25, 0.3) is 11.8 Å². The fraction of sp³-hybridized carbons (Fsp3) is 0.296. The highest BCUT2D eigenvalue weighted by molar-refractivity contribution is 7.15. The molecule has 7 heteroatoms. The lowest BCUT2D eigenvalue weighted by Crippen LogP contribution is -2.50. The summed E-state index contributed by atoms with van der Waals surface area (Å²) in [6.07, 6.45) is 5.03. The monoisotopic (exact) mass is 470 g/mol. The maximum absolute atomic E-state index is 13.9. The number of rotatable bonds is 5. The van der Waals surface area contributed by atoms with Crippen molar-refractivity contribution in [1.29, 1.82) is 0 Å². The molecule has 2 aromatic carbocycles. The molecule has 6 nitrogen and oxygen atoms in total. The summed E-state index contributed by atoms with van der Waals surface area (Å²) < 4.78 is 1.84. The van der Waals surface area contributed by atoms with Crippen molar-refractivity contribution in [1.82, 2.24) is 19.6 Å². The third kappa shape index (κ3) is 3.42. The molecule has 0 radical (unpaired) electrons. The highest BCUT2D eigenvalue weighted by atomic mass is 32.1. The first-order valence-corrected chi connectivity index (χ1v) is 12.7. The summed E-state index contributed by atoms with van der Waals surface area (Å²) in [5.41, 5.74) is 4.02. The van der Waals surface area contributed by atoms with E-state index in [1.165, 1.54) is 11.3 Å². The fourth-order valence-electron chi connectivity index (χ4n) is 5.80. The Bertz CT molecular complexity index is 1380. The van der Waals surface area contributed by atoms with Gasteiger partial charge in [0.2, 0.25) is 0 Å². The zero-order chi connectivity index (χ0) is 23.2. The normalized spacial score (nSPS) is 21.3. The lowest BCUT2D eigenvalue weighted by atomic mass is 9.95. The van der Waals surface area contributed by atoms with E-state index >= 15 is 0 Å². The van der Waals surface area contributed by atoms with Gasteiger partial charge >= 0.3 is 0 Å². The van der Waals surface area contributed by atoms with Crippen molar-refractivity contribution in [3.05, 3.63) is 83.1 Å². The summed E-state index contributed by atoms with van der Waals surface area (Å²) in [7, 11) is 0. The Labute approximate surface area is 202 Å². The first-order valence-electron chi connectivity index (χ1n) is 11.8. The van der Waals surface area contributed by atoms with E-state index < -0.39 is 0 Å². The van der Waals surface area contributed by atoms with Crippen LogP contribution < -0.4 is 5.32 Å². The van der Waals surface area contributed by atoms with Crippen LogP contribution in [0.5, 0.6) is 0 Å². The molecule has 1 aliphatic carbocycles. The number of carbonyl (C=O) groups is 2. The highest BCUT2D eigenvalue weighted by Gasteiger charge is 2.48. The van der Waals surface area contributed by atoms with Crippen LogP contribution in [0.1, 0.15) is 45.8 Å². The molecule has 0 unspecified atom stereocenters. The molecule has 2 aromatic heterocycles. The quantitative estimate of drug-likeness (QED) is 0.456. The number of likely N-dealkylation sites (tertiary alicyclic amines) is 1. The van der Waals surface area contributed by atoms with Gasteiger partial charge in [0.05, 0.1) is 11.7 Å².